The fourth-order valence-electron chi connectivity index (χ4n) is 2.12. The molecular formula is C21H18N2O4S. The Morgan fingerprint density at radius 2 is 1.68 bits per heavy atom. The number of nitrogens with zero attached hydrogens (tertiary/aromatic N) is 1. The Morgan fingerprint density at radius 3 is 2.36 bits per heavy atom. The summed E-state index contributed by atoms with van der Waals surface area (Å²) in [5, 5.41) is 3.06. The Morgan fingerprint density at radius 1 is 1.04 bits per heavy atom. The van der Waals surface area contributed by atoms with E-state index in [0.29, 0.717) is 10.9 Å². The number of alkyl carbamates (subject to hydrolysis) is 1. The van der Waals surface area contributed by atoms with Gasteiger partial charge in [0, 0.05) is 0 Å². The number of carbonyl (C=O) groups excluding carboxylic acids is 1. The molecule has 6 nitrogen and oxygen atoms in total. The lowest BCUT2D eigenvalue weighted by molar-refractivity contribution is 0.169. The van der Waals surface area contributed by atoms with Gasteiger partial charge in [0.2, 0.25) is 0 Å². The number of rotatable bonds is 5. The molecule has 1 aromatic heterocycles. The first kappa shape index (κ1) is 19.3. The Labute approximate surface area is 167 Å². The fraction of sp³-hybridized carbons (Fsp3) is 0.143. The van der Waals surface area contributed by atoms with Crippen LogP contribution in [0.25, 0.3) is 0 Å². The van der Waals surface area contributed by atoms with Crippen LogP contribution >= 0.6 is 11.3 Å². The normalized spacial score (nSPS) is 10.9. The van der Waals surface area contributed by atoms with Crippen molar-refractivity contribution >= 4 is 17.4 Å². The average molecular weight is 394 g/mol. The van der Waals surface area contributed by atoms with Gasteiger partial charge in [0.25, 0.3) is 5.19 Å². The van der Waals surface area contributed by atoms with Crippen LogP contribution in [-0.4, -0.2) is 24.2 Å². The molecule has 1 atom stereocenters. The smallest absolute Gasteiger partial charge is 0.407 e. The quantitative estimate of drug-likeness (QED) is 0.628. The van der Waals surface area contributed by atoms with Gasteiger partial charge in [0.05, 0.1) is 19.3 Å². The minimum atomic E-state index is -0.519. The summed E-state index contributed by atoms with van der Waals surface area (Å²) >= 11 is 1.32. The first-order chi connectivity index (χ1) is 13.6. The van der Waals surface area contributed by atoms with Crippen LogP contribution in [0, 0.1) is 11.8 Å². The standard InChI is InChI=1S/C21H18N2O4S/c1-15(23-20(24)25-2)8-13-19-14-22-21(28-19)27-18-11-9-17(10-12-18)26-16-6-4-3-5-7-16/h3-7,9-12,14-15H,1-2H3,(H,23,24). The molecule has 1 N–H and O–H groups in total. The first-order valence-electron chi connectivity index (χ1n) is 8.45. The number of benzene rings is 2. The van der Waals surface area contributed by atoms with Crippen molar-refractivity contribution in [3.63, 3.8) is 0 Å². The van der Waals surface area contributed by atoms with E-state index in [0.717, 1.165) is 16.4 Å². The van der Waals surface area contributed by atoms with Crippen LogP contribution in [-0.2, 0) is 4.74 Å². The number of carbonyl (C=O) groups is 1. The molecular weight excluding hydrogens is 376 g/mol. The number of amides is 1. The largest absolute Gasteiger partial charge is 0.457 e. The van der Waals surface area contributed by atoms with Gasteiger partial charge in [-0.05, 0) is 43.3 Å². The molecule has 3 rings (SSSR count). The van der Waals surface area contributed by atoms with Crippen molar-refractivity contribution in [3.05, 3.63) is 65.7 Å². The highest BCUT2D eigenvalue weighted by Crippen LogP contribution is 2.28. The van der Waals surface area contributed by atoms with Gasteiger partial charge in [-0.3, -0.25) is 0 Å². The van der Waals surface area contributed by atoms with Gasteiger partial charge in [-0.25, -0.2) is 9.78 Å². The van der Waals surface area contributed by atoms with Gasteiger partial charge in [-0.2, -0.15) is 0 Å². The molecule has 0 aliphatic carbocycles. The van der Waals surface area contributed by atoms with Crippen molar-refractivity contribution in [2.24, 2.45) is 0 Å². The number of aromatic nitrogens is 1. The molecule has 1 unspecified atom stereocenters. The molecule has 0 saturated heterocycles. The highest BCUT2D eigenvalue weighted by atomic mass is 32.1. The molecule has 1 heterocycles. The van der Waals surface area contributed by atoms with E-state index < -0.39 is 6.09 Å². The van der Waals surface area contributed by atoms with E-state index in [1.807, 2.05) is 54.6 Å². The van der Waals surface area contributed by atoms with Crippen molar-refractivity contribution in [2.45, 2.75) is 13.0 Å². The summed E-state index contributed by atoms with van der Waals surface area (Å²) in [4.78, 5) is 16.1. The van der Waals surface area contributed by atoms with Gasteiger partial charge >= 0.3 is 6.09 Å². The number of nitrogens with one attached hydrogen (secondary N) is 1. The molecule has 0 bridgehead atoms. The third kappa shape index (κ3) is 5.76. The number of thiazole rings is 1. The second-order valence-electron chi connectivity index (χ2n) is 5.61. The molecule has 28 heavy (non-hydrogen) atoms. The zero-order valence-corrected chi connectivity index (χ0v) is 16.2. The Balaban J connectivity index is 1.57. The zero-order chi connectivity index (χ0) is 19.8. The van der Waals surface area contributed by atoms with E-state index in [1.165, 1.54) is 18.4 Å². The van der Waals surface area contributed by atoms with Crippen molar-refractivity contribution in [1.82, 2.24) is 10.3 Å². The Bertz CT molecular complexity index is 975. The van der Waals surface area contributed by atoms with Gasteiger partial charge < -0.3 is 19.5 Å². The van der Waals surface area contributed by atoms with Gasteiger partial charge in [-0.15, -0.1) is 0 Å². The summed E-state index contributed by atoms with van der Waals surface area (Å²) in [6.45, 7) is 1.77. The van der Waals surface area contributed by atoms with Crippen molar-refractivity contribution in [3.8, 4) is 34.3 Å². The van der Waals surface area contributed by atoms with Crippen LogP contribution < -0.4 is 14.8 Å². The first-order valence-corrected chi connectivity index (χ1v) is 9.26. The van der Waals surface area contributed by atoms with E-state index in [9.17, 15) is 4.79 Å². The highest BCUT2D eigenvalue weighted by Gasteiger charge is 2.05. The minimum absolute atomic E-state index is 0.337. The predicted octanol–water partition coefficient (Wildman–Crippen LogP) is 4.82. The Kier molecular flexibility index (Phi) is 6.50. The molecule has 3 aromatic rings. The molecule has 1 amide bonds. The molecule has 142 valence electrons. The number of hydrogen-bond donors (Lipinski definition) is 1. The van der Waals surface area contributed by atoms with Crippen LogP contribution in [0.3, 0.4) is 0 Å². The van der Waals surface area contributed by atoms with Crippen molar-refractivity contribution in [2.75, 3.05) is 7.11 Å². The summed E-state index contributed by atoms with van der Waals surface area (Å²) < 4.78 is 16.0. The number of para-hydroxylation sites is 1. The SMILES string of the molecule is COC(=O)NC(C)C#Cc1cnc(Oc2ccc(Oc3ccccc3)cc2)s1. The van der Waals surface area contributed by atoms with Gasteiger partial charge in [-0.1, -0.05) is 41.4 Å². The number of methoxy groups -OCH3 is 1. The maximum Gasteiger partial charge on any atom is 0.407 e. The zero-order valence-electron chi connectivity index (χ0n) is 15.3. The molecule has 7 heteroatoms. The summed E-state index contributed by atoms with van der Waals surface area (Å²) in [7, 11) is 1.31. The lowest BCUT2D eigenvalue weighted by Crippen LogP contribution is -2.31. The third-order valence-electron chi connectivity index (χ3n) is 3.42. The summed E-state index contributed by atoms with van der Waals surface area (Å²) in [5.41, 5.74) is 0. The summed E-state index contributed by atoms with van der Waals surface area (Å²) in [6, 6.07) is 16.5. The topological polar surface area (TPSA) is 69.7 Å². The average Bonchev–Trinajstić information content (AvgIpc) is 3.16. The fourth-order valence-corrected chi connectivity index (χ4v) is 2.76. The number of ether oxygens (including phenoxy) is 3. The van der Waals surface area contributed by atoms with E-state index in [-0.39, 0.29) is 6.04 Å². The molecule has 0 saturated carbocycles. The Hall–Kier alpha value is -3.50. The molecule has 0 fully saturated rings. The van der Waals surface area contributed by atoms with Crippen LogP contribution in [0.2, 0.25) is 0 Å². The molecule has 0 aliphatic heterocycles. The lowest BCUT2D eigenvalue weighted by atomic mass is 10.3. The highest BCUT2D eigenvalue weighted by molar-refractivity contribution is 7.13. The van der Waals surface area contributed by atoms with Crippen molar-refractivity contribution < 1.29 is 19.0 Å². The predicted molar refractivity (Wildman–Crippen MR) is 107 cm³/mol. The molecule has 0 aliphatic rings. The van der Waals surface area contributed by atoms with E-state index in [4.69, 9.17) is 9.47 Å². The number of hydrogen-bond acceptors (Lipinski definition) is 6. The van der Waals surface area contributed by atoms with Gasteiger partial charge in [0.15, 0.2) is 0 Å². The lowest BCUT2D eigenvalue weighted by Gasteiger charge is -2.06. The summed E-state index contributed by atoms with van der Waals surface area (Å²) in [6.07, 6.45) is 1.11. The molecule has 0 spiro atoms. The van der Waals surface area contributed by atoms with Crippen LogP contribution in [0.4, 0.5) is 4.79 Å². The molecule has 2 aromatic carbocycles. The third-order valence-corrected chi connectivity index (χ3v) is 4.21. The summed E-state index contributed by atoms with van der Waals surface area (Å²) in [5.74, 6) is 8.00. The van der Waals surface area contributed by atoms with E-state index >= 15 is 0 Å². The molecule has 0 radical (unpaired) electrons. The maximum atomic E-state index is 11.1. The maximum absolute atomic E-state index is 11.1. The van der Waals surface area contributed by atoms with Crippen LogP contribution in [0.5, 0.6) is 22.4 Å². The van der Waals surface area contributed by atoms with Crippen LogP contribution in [0.1, 0.15) is 11.8 Å². The van der Waals surface area contributed by atoms with E-state index in [2.05, 4.69) is 26.9 Å². The van der Waals surface area contributed by atoms with Crippen LogP contribution in [0.15, 0.2) is 60.8 Å². The van der Waals surface area contributed by atoms with E-state index in [1.54, 1.807) is 13.1 Å². The van der Waals surface area contributed by atoms with Crippen molar-refractivity contribution in [1.29, 1.82) is 0 Å². The second-order valence-corrected chi connectivity index (χ2v) is 6.60. The monoisotopic (exact) mass is 394 g/mol. The second kappa shape index (κ2) is 9.44. The van der Waals surface area contributed by atoms with Gasteiger partial charge in [0.1, 0.15) is 22.1 Å². The minimum Gasteiger partial charge on any atom is -0.457 e.